The molecule has 2 unspecified atom stereocenters. The third kappa shape index (κ3) is 1.77. The van der Waals surface area contributed by atoms with Gasteiger partial charge in [-0.3, -0.25) is 0 Å². The highest BCUT2D eigenvalue weighted by atomic mass is 32.3. The van der Waals surface area contributed by atoms with Crippen LogP contribution in [0.15, 0.2) is 0 Å². The number of rotatable bonds is 2. The molecular weight excluding hydrogens is 176 g/mol. The lowest BCUT2D eigenvalue weighted by atomic mass is 10.0. The second-order valence-corrected chi connectivity index (χ2v) is 9.95. The minimum atomic E-state index is -0.240. The van der Waals surface area contributed by atoms with Gasteiger partial charge in [0.1, 0.15) is 0 Å². The molecule has 0 spiro atoms. The van der Waals surface area contributed by atoms with Crippen LogP contribution >= 0.6 is 10.0 Å². The Morgan fingerprint density at radius 3 is 2.08 bits per heavy atom. The number of fused-ring (bicyclic) bond motifs is 1. The maximum absolute atomic E-state index is 2.55. The zero-order valence-electron chi connectivity index (χ0n) is 9.38. The molecule has 0 amide bonds. The van der Waals surface area contributed by atoms with Crippen molar-refractivity contribution in [2.24, 2.45) is 11.8 Å². The van der Waals surface area contributed by atoms with Crippen molar-refractivity contribution in [2.75, 3.05) is 18.3 Å². The monoisotopic (exact) mass is 200 g/mol. The Bertz CT molecular complexity index is 174. The van der Waals surface area contributed by atoms with Crippen LogP contribution in [-0.2, 0) is 0 Å². The summed E-state index contributed by atoms with van der Waals surface area (Å²) in [6.45, 7) is 2.39. The predicted octanol–water partition coefficient (Wildman–Crippen LogP) is 3.65. The molecule has 2 atom stereocenters. The van der Waals surface area contributed by atoms with Crippen molar-refractivity contribution in [3.63, 3.8) is 0 Å². The van der Waals surface area contributed by atoms with Crippen molar-refractivity contribution in [2.45, 2.75) is 44.3 Å². The van der Waals surface area contributed by atoms with Crippen LogP contribution in [0.3, 0.4) is 0 Å². The molecule has 0 heterocycles. The fraction of sp³-hybridized carbons (Fsp3) is 1.00. The van der Waals surface area contributed by atoms with E-state index in [1.165, 1.54) is 12.2 Å². The van der Waals surface area contributed by atoms with Gasteiger partial charge in [-0.15, -0.1) is 0 Å². The highest BCUT2D eigenvalue weighted by molar-refractivity contribution is 8.33. The smallest absolute Gasteiger partial charge is 0.0111 e. The van der Waals surface area contributed by atoms with Crippen molar-refractivity contribution in [1.82, 2.24) is 0 Å². The molecule has 0 saturated heterocycles. The summed E-state index contributed by atoms with van der Waals surface area (Å²) in [6.07, 6.45) is 12.9. The lowest BCUT2D eigenvalue weighted by Crippen LogP contribution is -2.15. The summed E-state index contributed by atoms with van der Waals surface area (Å²) in [6, 6.07) is 0. The van der Waals surface area contributed by atoms with Crippen molar-refractivity contribution in [1.29, 1.82) is 0 Å². The maximum atomic E-state index is 2.55. The molecule has 0 aromatic rings. The van der Waals surface area contributed by atoms with Gasteiger partial charge in [-0.2, -0.15) is 0 Å². The SMILES string of the molecule is CCS(C)(C)C1CC2CCCC2C1. The molecule has 78 valence electrons. The third-order valence-electron chi connectivity index (χ3n) is 4.59. The summed E-state index contributed by atoms with van der Waals surface area (Å²) >= 11 is 0. The molecule has 0 bridgehead atoms. The van der Waals surface area contributed by atoms with E-state index in [-0.39, 0.29) is 10.0 Å². The van der Waals surface area contributed by atoms with Crippen molar-refractivity contribution < 1.29 is 0 Å². The van der Waals surface area contributed by atoms with Gasteiger partial charge in [0.25, 0.3) is 0 Å². The summed E-state index contributed by atoms with van der Waals surface area (Å²) in [5.74, 6) is 3.73. The Hall–Kier alpha value is 0.350. The normalized spacial score (nSPS) is 40.7. The van der Waals surface area contributed by atoms with E-state index in [0.717, 1.165) is 17.1 Å². The highest BCUT2D eigenvalue weighted by Gasteiger charge is 2.40. The molecule has 13 heavy (non-hydrogen) atoms. The van der Waals surface area contributed by atoms with Gasteiger partial charge in [-0.25, -0.2) is 10.0 Å². The van der Waals surface area contributed by atoms with Gasteiger partial charge < -0.3 is 0 Å². The summed E-state index contributed by atoms with van der Waals surface area (Å²) in [5.41, 5.74) is 0. The quantitative estimate of drug-likeness (QED) is 0.638. The van der Waals surface area contributed by atoms with Gasteiger partial charge in [-0.05, 0) is 48.2 Å². The molecule has 1 heteroatoms. The van der Waals surface area contributed by atoms with Gasteiger partial charge in [0.15, 0.2) is 0 Å². The van der Waals surface area contributed by atoms with Crippen LogP contribution in [0.4, 0.5) is 0 Å². The second kappa shape index (κ2) is 3.49. The highest BCUT2D eigenvalue weighted by Crippen LogP contribution is 2.57. The van der Waals surface area contributed by atoms with E-state index >= 15 is 0 Å². The molecule has 0 N–H and O–H groups in total. The zero-order chi connectivity index (χ0) is 9.47. The Morgan fingerprint density at radius 2 is 1.62 bits per heavy atom. The van der Waals surface area contributed by atoms with Crippen molar-refractivity contribution in [3.05, 3.63) is 0 Å². The summed E-state index contributed by atoms with van der Waals surface area (Å²) in [7, 11) is -0.240. The Morgan fingerprint density at radius 1 is 1.08 bits per heavy atom. The van der Waals surface area contributed by atoms with Gasteiger partial charge in [0, 0.05) is 0 Å². The summed E-state index contributed by atoms with van der Waals surface area (Å²) < 4.78 is 0. The van der Waals surface area contributed by atoms with Crippen molar-refractivity contribution in [3.8, 4) is 0 Å². The molecule has 0 nitrogen and oxygen atoms in total. The minimum absolute atomic E-state index is 0.240. The summed E-state index contributed by atoms with van der Waals surface area (Å²) in [5, 5.41) is 1.12. The van der Waals surface area contributed by atoms with Crippen LogP contribution in [-0.4, -0.2) is 23.5 Å². The molecule has 2 aliphatic rings. The first kappa shape index (κ1) is 9.89. The fourth-order valence-corrected chi connectivity index (χ4v) is 5.27. The molecule has 0 radical (unpaired) electrons. The average molecular weight is 200 g/mol. The third-order valence-corrected chi connectivity index (χ3v) is 8.27. The average Bonchev–Trinajstić information content (AvgIpc) is 2.61. The van der Waals surface area contributed by atoms with E-state index in [1.807, 2.05) is 0 Å². The molecule has 2 saturated carbocycles. The van der Waals surface area contributed by atoms with Gasteiger partial charge in [0.2, 0.25) is 0 Å². The number of hydrogen-bond acceptors (Lipinski definition) is 0. The topological polar surface area (TPSA) is 0 Å². The largest absolute Gasteiger partial charge is 0.244 e. The summed E-state index contributed by atoms with van der Waals surface area (Å²) in [4.78, 5) is 0. The molecule has 2 rings (SSSR count). The Labute approximate surface area is 84.8 Å². The van der Waals surface area contributed by atoms with Crippen LogP contribution in [0.5, 0.6) is 0 Å². The lowest BCUT2D eigenvalue weighted by molar-refractivity contribution is 0.457. The zero-order valence-corrected chi connectivity index (χ0v) is 10.2. The van der Waals surface area contributed by atoms with E-state index in [1.54, 1.807) is 25.7 Å². The molecule has 0 aliphatic heterocycles. The van der Waals surface area contributed by atoms with E-state index in [9.17, 15) is 0 Å². The van der Waals surface area contributed by atoms with Gasteiger partial charge >= 0.3 is 0 Å². The van der Waals surface area contributed by atoms with Gasteiger partial charge in [0.05, 0.1) is 0 Å². The molecule has 2 aliphatic carbocycles. The van der Waals surface area contributed by atoms with E-state index in [4.69, 9.17) is 0 Å². The van der Waals surface area contributed by atoms with E-state index in [0.29, 0.717) is 0 Å². The molecule has 0 aromatic carbocycles. The predicted molar refractivity (Wildman–Crippen MR) is 63.8 cm³/mol. The van der Waals surface area contributed by atoms with Crippen LogP contribution in [0.2, 0.25) is 0 Å². The first-order valence-electron chi connectivity index (χ1n) is 5.83. The minimum Gasteiger partial charge on any atom is -0.244 e. The fourth-order valence-electron chi connectivity index (χ4n) is 3.26. The second-order valence-electron chi connectivity index (χ2n) is 5.46. The standard InChI is InChI=1S/C12H24S/c1-4-13(2,3)12-8-10-6-5-7-11(10)9-12/h10-12H,4-9H2,1-3H3. The van der Waals surface area contributed by atoms with E-state index in [2.05, 4.69) is 19.4 Å². The number of hydrogen-bond donors (Lipinski definition) is 0. The van der Waals surface area contributed by atoms with Crippen molar-refractivity contribution >= 4 is 10.0 Å². The van der Waals surface area contributed by atoms with Crippen LogP contribution in [0.25, 0.3) is 0 Å². The Kier molecular flexibility index (Phi) is 2.65. The molecule has 2 fully saturated rings. The first-order valence-corrected chi connectivity index (χ1v) is 8.51. The molecular formula is C12H24S. The van der Waals surface area contributed by atoms with Crippen LogP contribution in [0.1, 0.15) is 39.0 Å². The van der Waals surface area contributed by atoms with E-state index < -0.39 is 0 Å². The molecule has 0 aromatic heterocycles. The maximum Gasteiger partial charge on any atom is -0.0111 e. The van der Waals surface area contributed by atoms with Crippen LogP contribution in [0, 0.1) is 11.8 Å². The Balaban J connectivity index is 1.98. The first-order chi connectivity index (χ1) is 6.13. The van der Waals surface area contributed by atoms with Gasteiger partial charge in [-0.1, -0.05) is 26.2 Å². The lowest BCUT2D eigenvalue weighted by Gasteiger charge is -2.37. The van der Waals surface area contributed by atoms with Crippen LogP contribution < -0.4 is 0 Å².